The summed E-state index contributed by atoms with van der Waals surface area (Å²) in [5.74, 6) is -1.12. The number of nitrogens with one attached hydrogen (secondary N) is 2. The summed E-state index contributed by atoms with van der Waals surface area (Å²) in [5, 5.41) is 27.4. The maximum absolute atomic E-state index is 13.1. The van der Waals surface area contributed by atoms with Crippen molar-refractivity contribution in [1.82, 2.24) is 10.3 Å². The number of aliphatic hydroxyl groups is 1. The lowest BCUT2D eigenvalue weighted by molar-refractivity contribution is -0.386. The number of hydrogen-bond acceptors (Lipinski definition) is 6. The molecule has 3 N–H and O–H groups in total. The number of aromatic nitrogens is 1. The molecule has 8 nitrogen and oxygen atoms in total. The third kappa shape index (κ3) is 2.75. The number of anilines is 1. The van der Waals surface area contributed by atoms with Crippen LogP contribution in [0.25, 0.3) is 0 Å². The number of nitrogens with zero attached hydrogens (tertiary/aromatic N) is 2. The third-order valence-electron chi connectivity index (χ3n) is 5.21. The summed E-state index contributed by atoms with van der Waals surface area (Å²) in [6, 6.07) is 5.80. The zero-order valence-corrected chi connectivity index (χ0v) is 16.3. The fourth-order valence-electron chi connectivity index (χ4n) is 4.16. The van der Waals surface area contributed by atoms with Gasteiger partial charge in [0, 0.05) is 33.8 Å². The van der Waals surface area contributed by atoms with E-state index >= 15 is 0 Å². The highest BCUT2D eigenvalue weighted by Crippen LogP contribution is 2.54. The molecule has 0 saturated carbocycles. The number of aliphatic hydroxyl groups excluding tert-OH is 1. The minimum absolute atomic E-state index is 0.0251. The summed E-state index contributed by atoms with van der Waals surface area (Å²) in [6.07, 6.45) is 0.253. The van der Waals surface area contributed by atoms with Gasteiger partial charge in [0.25, 0.3) is 0 Å². The monoisotopic (exact) mass is 442 g/mol. The molecule has 2 aliphatic rings. The first-order valence-electron chi connectivity index (χ1n) is 8.28. The third-order valence-corrected chi connectivity index (χ3v) is 5.91. The molecule has 1 aromatic carbocycles. The van der Waals surface area contributed by atoms with Crippen LogP contribution in [0.15, 0.2) is 24.3 Å². The van der Waals surface area contributed by atoms with Crippen molar-refractivity contribution in [3.63, 3.8) is 0 Å². The van der Waals surface area contributed by atoms with Gasteiger partial charge in [0.15, 0.2) is 0 Å². The number of rotatable bonds is 3. The van der Waals surface area contributed by atoms with Crippen LogP contribution in [0.4, 0.5) is 11.4 Å². The number of nitro groups is 1. The number of carbonyl (C=O) groups is 1. The topological polar surface area (TPSA) is 117 Å². The Morgan fingerprint density at radius 1 is 1.32 bits per heavy atom. The molecule has 28 heavy (non-hydrogen) atoms. The Hall–Kier alpha value is -1.97. The zero-order valence-electron chi connectivity index (χ0n) is 14.1. The van der Waals surface area contributed by atoms with E-state index in [1.54, 1.807) is 18.2 Å². The van der Waals surface area contributed by atoms with Crippen LogP contribution in [-0.2, 0) is 10.3 Å². The van der Waals surface area contributed by atoms with E-state index in [0.29, 0.717) is 16.3 Å². The molecule has 146 valence electrons. The number of pyridine rings is 1. The van der Waals surface area contributed by atoms with Crippen LogP contribution in [0, 0.1) is 10.1 Å². The van der Waals surface area contributed by atoms with Gasteiger partial charge in [-0.1, -0.05) is 40.9 Å². The Bertz CT molecular complexity index is 1020. The highest BCUT2D eigenvalue weighted by Gasteiger charge is 2.59. The first-order valence-corrected chi connectivity index (χ1v) is 9.41. The number of carbonyl (C=O) groups excluding carboxylic acids is 1. The van der Waals surface area contributed by atoms with Gasteiger partial charge in [-0.05, 0) is 24.6 Å². The van der Waals surface area contributed by atoms with Crippen molar-refractivity contribution in [2.75, 3.05) is 11.9 Å². The average molecular weight is 444 g/mol. The minimum Gasteiger partial charge on any atom is -0.395 e. The molecule has 0 radical (unpaired) electrons. The molecule has 1 amide bonds. The highest BCUT2D eigenvalue weighted by atomic mass is 35.5. The van der Waals surface area contributed by atoms with Crippen LogP contribution in [-0.4, -0.2) is 33.6 Å². The molecule has 1 saturated heterocycles. The first kappa shape index (κ1) is 19.4. The van der Waals surface area contributed by atoms with Crippen LogP contribution in [0.5, 0.6) is 0 Å². The lowest BCUT2D eigenvalue weighted by atomic mass is 9.76. The predicted octanol–water partition coefficient (Wildman–Crippen LogP) is 3.24. The molecule has 2 aromatic rings. The van der Waals surface area contributed by atoms with Crippen LogP contribution < -0.4 is 10.6 Å². The first-order chi connectivity index (χ1) is 13.3. The Balaban J connectivity index is 1.98. The molecule has 0 aliphatic carbocycles. The molecule has 3 heterocycles. The molecular formula is C17H13Cl3N4O4. The number of halogens is 3. The molecule has 1 fully saturated rings. The van der Waals surface area contributed by atoms with Gasteiger partial charge in [-0.2, -0.15) is 0 Å². The van der Waals surface area contributed by atoms with Gasteiger partial charge in [-0.15, -0.1) is 0 Å². The van der Waals surface area contributed by atoms with Gasteiger partial charge < -0.3 is 10.4 Å². The summed E-state index contributed by atoms with van der Waals surface area (Å²) in [5.41, 5.74) is -0.488. The SMILES string of the molecule is O=C1Nc2cc(Cl)ccc2[C@]12N[C@@H](CO)C[C@@H]2c1cc(Cl)nc(Cl)c1[N+](=O)[O-]. The Kier molecular flexibility index (Phi) is 4.71. The molecule has 0 unspecified atom stereocenters. The van der Waals surface area contributed by atoms with Crippen molar-refractivity contribution in [3.05, 3.63) is 60.8 Å². The van der Waals surface area contributed by atoms with Gasteiger partial charge in [0.05, 0.1) is 11.5 Å². The fraction of sp³-hybridized carbons (Fsp3) is 0.294. The normalized spacial score (nSPS) is 25.8. The van der Waals surface area contributed by atoms with E-state index in [1.807, 2.05) is 0 Å². The quantitative estimate of drug-likeness (QED) is 0.381. The summed E-state index contributed by atoms with van der Waals surface area (Å²) in [4.78, 5) is 27.9. The maximum atomic E-state index is 13.1. The molecule has 4 rings (SSSR count). The van der Waals surface area contributed by atoms with Crippen LogP contribution in [0.2, 0.25) is 15.3 Å². The Labute approximate surface area is 174 Å². The second-order valence-corrected chi connectivity index (χ2v) is 7.88. The van der Waals surface area contributed by atoms with Gasteiger partial charge >= 0.3 is 5.69 Å². The summed E-state index contributed by atoms with van der Waals surface area (Å²) < 4.78 is 0. The van der Waals surface area contributed by atoms with Gasteiger partial charge in [0.2, 0.25) is 11.1 Å². The number of hydrogen-bond donors (Lipinski definition) is 3. The lowest BCUT2D eigenvalue weighted by Crippen LogP contribution is -2.49. The van der Waals surface area contributed by atoms with E-state index in [9.17, 15) is 20.0 Å². The van der Waals surface area contributed by atoms with E-state index in [2.05, 4.69) is 15.6 Å². The average Bonchev–Trinajstić information content (AvgIpc) is 3.13. The van der Waals surface area contributed by atoms with Gasteiger partial charge in [-0.3, -0.25) is 20.2 Å². The van der Waals surface area contributed by atoms with E-state index < -0.39 is 34.0 Å². The molecule has 2 aliphatic heterocycles. The minimum atomic E-state index is -1.34. The Morgan fingerprint density at radius 3 is 2.75 bits per heavy atom. The Morgan fingerprint density at radius 2 is 2.07 bits per heavy atom. The summed E-state index contributed by atoms with van der Waals surface area (Å²) in [7, 11) is 0. The summed E-state index contributed by atoms with van der Waals surface area (Å²) >= 11 is 18.1. The standard InChI is InChI=1S/C17H13Cl3N4O4/c18-7-1-2-10-12(3-7)21-16(26)17(10)11(4-8(6-25)23-17)9-5-13(19)22-15(20)14(9)24(27)28/h1-3,5,8,11,23,25H,4,6H2,(H,21,26)/t8-,11-,17-/m1/s1. The van der Waals surface area contributed by atoms with Crippen molar-refractivity contribution in [3.8, 4) is 0 Å². The fourth-order valence-corrected chi connectivity index (χ4v) is 4.85. The number of fused-ring (bicyclic) bond motifs is 2. The van der Waals surface area contributed by atoms with E-state index in [4.69, 9.17) is 34.8 Å². The molecular weight excluding hydrogens is 431 g/mol. The molecule has 0 bridgehead atoms. The predicted molar refractivity (Wildman–Crippen MR) is 104 cm³/mol. The van der Waals surface area contributed by atoms with Crippen molar-refractivity contribution >= 4 is 52.1 Å². The number of benzene rings is 1. The summed E-state index contributed by atoms with van der Waals surface area (Å²) in [6.45, 7) is -0.255. The van der Waals surface area contributed by atoms with Crippen molar-refractivity contribution in [1.29, 1.82) is 0 Å². The number of amides is 1. The van der Waals surface area contributed by atoms with E-state index in [0.717, 1.165) is 0 Å². The largest absolute Gasteiger partial charge is 0.395 e. The van der Waals surface area contributed by atoms with Crippen LogP contribution >= 0.6 is 34.8 Å². The second kappa shape index (κ2) is 6.82. The zero-order chi connectivity index (χ0) is 20.2. The van der Waals surface area contributed by atoms with Crippen LogP contribution in [0.1, 0.15) is 23.5 Å². The smallest absolute Gasteiger partial charge is 0.310 e. The van der Waals surface area contributed by atoms with Gasteiger partial charge in [-0.25, -0.2) is 4.98 Å². The van der Waals surface area contributed by atoms with Crippen molar-refractivity contribution in [2.45, 2.75) is 23.9 Å². The maximum Gasteiger partial charge on any atom is 0.310 e. The molecule has 1 aromatic heterocycles. The van der Waals surface area contributed by atoms with Crippen LogP contribution in [0.3, 0.4) is 0 Å². The second-order valence-electron chi connectivity index (χ2n) is 6.69. The van der Waals surface area contributed by atoms with E-state index in [1.165, 1.54) is 6.07 Å². The van der Waals surface area contributed by atoms with E-state index in [-0.39, 0.29) is 28.9 Å². The van der Waals surface area contributed by atoms with Crippen molar-refractivity contribution < 1.29 is 14.8 Å². The highest BCUT2D eigenvalue weighted by molar-refractivity contribution is 6.34. The van der Waals surface area contributed by atoms with Gasteiger partial charge in [0.1, 0.15) is 10.7 Å². The molecule has 3 atom stereocenters. The lowest BCUT2D eigenvalue weighted by Gasteiger charge is -2.30. The molecule has 1 spiro atoms. The van der Waals surface area contributed by atoms with Crippen molar-refractivity contribution in [2.24, 2.45) is 0 Å². The molecule has 11 heteroatoms.